The SMILES string of the molecule is Cc1cc(N2CCC(c3nc(N(C)C)no3)CC2)ccc1[N+](=O)[O-]. The summed E-state index contributed by atoms with van der Waals surface area (Å²) in [5.41, 5.74) is 1.87. The van der Waals surface area contributed by atoms with Crippen LogP contribution in [0.1, 0.15) is 30.2 Å². The highest BCUT2D eigenvalue weighted by Crippen LogP contribution is 2.32. The van der Waals surface area contributed by atoms with Gasteiger partial charge in [-0.1, -0.05) is 0 Å². The number of benzene rings is 1. The predicted molar refractivity (Wildman–Crippen MR) is 90.6 cm³/mol. The Morgan fingerprint density at radius 3 is 2.58 bits per heavy atom. The van der Waals surface area contributed by atoms with Crippen LogP contribution in [0.2, 0.25) is 0 Å². The van der Waals surface area contributed by atoms with Crippen LogP contribution in [-0.2, 0) is 0 Å². The molecule has 1 aliphatic heterocycles. The van der Waals surface area contributed by atoms with Crippen LogP contribution in [0.4, 0.5) is 17.3 Å². The number of hydrogen-bond donors (Lipinski definition) is 0. The van der Waals surface area contributed by atoms with Crippen molar-refractivity contribution in [3.8, 4) is 0 Å². The lowest BCUT2D eigenvalue weighted by Gasteiger charge is -2.32. The molecular weight excluding hydrogens is 310 g/mol. The molecule has 0 bridgehead atoms. The summed E-state index contributed by atoms with van der Waals surface area (Å²) in [4.78, 5) is 19.1. The van der Waals surface area contributed by atoms with Gasteiger partial charge >= 0.3 is 0 Å². The van der Waals surface area contributed by atoms with Gasteiger partial charge in [-0.25, -0.2) is 0 Å². The summed E-state index contributed by atoms with van der Waals surface area (Å²) in [6, 6.07) is 5.29. The van der Waals surface area contributed by atoms with Crippen molar-refractivity contribution in [2.24, 2.45) is 0 Å². The summed E-state index contributed by atoms with van der Waals surface area (Å²) < 4.78 is 5.37. The van der Waals surface area contributed by atoms with Crippen molar-refractivity contribution in [2.45, 2.75) is 25.7 Å². The van der Waals surface area contributed by atoms with Gasteiger partial charge in [0.2, 0.25) is 5.89 Å². The van der Waals surface area contributed by atoms with Crippen LogP contribution >= 0.6 is 0 Å². The number of aryl methyl sites for hydroxylation is 1. The number of nitro benzene ring substituents is 1. The molecule has 0 saturated carbocycles. The molecule has 0 radical (unpaired) electrons. The topological polar surface area (TPSA) is 88.5 Å². The van der Waals surface area contributed by atoms with Crippen LogP contribution in [0.3, 0.4) is 0 Å². The first-order valence-electron chi connectivity index (χ1n) is 7.96. The minimum atomic E-state index is -0.344. The van der Waals surface area contributed by atoms with Gasteiger partial charge in [0.25, 0.3) is 11.6 Å². The smallest absolute Gasteiger partial charge is 0.272 e. The van der Waals surface area contributed by atoms with Crippen molar-refractivity contribution < 1.29 is 9.45 Å². The Kier molecular flexibility index (Phi) is 4.37. The quantitative estimate of drug-likeness (QED) is 0.628. The Morgan fingerprint density at radius 2 is 2.04 bits per heavy atom. The second-order valence-electron chi connectivity index (χ2n) is 6.32. The van der Waals surface area contributed by atoms with Gasteiger partial charge < -0.3 is 14.3 Å². The van der Waals surface area contributed by atoms with E-state index >= 15 is 0 Å². The number of rotatable bonds is 4. The lowest BCUT2D eigenvalue weighted by atomic mass is 9.96. The van der Waals surface area contributed by atoms with Crippen molar-refractivity contribution in [3.63, 3.8) is 0 Å². The number of nitrogens with zero attached hydrogens (tertiary/aromatic N) is 5. The Balaban J connectivity index is 1.66. The lowest BCUT2D eigenvalue weighted by Crippen LogP contribution is -2.33. The average molecular weight is 331 g/mol. The third kappa shape index (κ3) is 3.17. The molecule has 0 N–H and O–H groups in total. The minimum Gasteiger partial charge on any atom is -0.371 e. The van der Waals surface area contributed by atoms with Crippen molar-refractivity contribution >= 4 is 17.3 Å². The number of anilines is 2. The van der Waals surface area contributed by atoms with Gasteiger partial charge in [-0.3, -0.25) is 10.1 Å². The van der Waals surface area contributed by atoms with Gasteiger partial charge in [-0.05, 0) is 37.1 Å². The number of nitro groups is 1. The van der Waals surface area contributed by atoms with E-state index in [1.54, 1.807) is 13.0 Å². The van der Waals surface area contributed by atoms with Gasteiger partial charge in [-0.2, -0.15) is 4.98 Å². The zero-order valence-corrected chi connectivity index (χ0v) is 14.1. The second-order valence-corrected chi connectivity index (χ2v) is 6.32. The summed E-state index contributed by atoms with van der Waals surface area (Å²) in [6.07, 6.45) is 1.84. The monoisotopic (exact) mass is 331 g/mol. The van der Waals surface area contributed by atoms with E-state index < -0.39 is 0 Å². The maximum atomic E-state index is 10.9. The second kappa shape index (κ2) is 6.46. The van der Waals surface area contributed by atoms with Crippen LogP contribution < -0.4 is 9.80 Å². The largest absolute Gasteiger partial charge is 0.371 e. The molecule has 0 spiro atoms. The van der Waals surface area contributed by atoms with Crippen molar-refractivity contribution in [1.29, 1.82) is 0 Å². The summed E-state index contributed by atoms with van der Waals surface area (Å²) >= 11 is 0. The van der Waals surface area contributed by atoms with Crippen LogP contribution in [0.15, 0.2) is 22.7 Å². The first-order valence-corrected chi connectivity index (χ1v) is 7.96. The fourth-order valence-corrected chi connectivity index (χ4v) is 3.00. The Hall–Kier alpha value is -2.64. The van der Waals surface area contributed by atoms with Crippen molar-refractivity contribution in [2.75, 3.05) is 37.0 Å². The molecule has 8 heteroatoms. The summed E-state index contributed by atoms with van der Waals surface area (Å²) in [7, 11) is 3.77. The van der Waals surface area contributed by atoms with Crippen LogP contribution in [0, 0.1) is 17.0 Å². The van der Waals surface area contributed by atoms with E-state index in [1.807, 2.05) is 31.1 Å². The molecule has 1 aromatic heterocycles. The van der Waals surface area contributed by atoms with Crippen LogP contribution in [0.25, 0.3) is 0 Å². The normalized spacial score (nSPS) is 15.5. The molecule has 1 aliphatic rings. The van der Waals surface area contributed by atoms with Crippen molar-refractivity contribution in [3.05, 3.63) is 39.8 Å². The first-order chi connectivity index (χ1) is 11.5. The van der Waals surface area contributed by atoms with E-state index in [4.69, 9.17) is 4.52 Å². The fraction of sp³-hybridized carbons (Fsp3) is 0.500. The van der Waals surface area contributed by atoms with Crippen LogP contribution in [0.5, 0.6) is 0 Å². The molecule has 1 fully saturated rings. The molecule has 0 unspecified atom stereocenters. The molecule has 24 heavy (non-hydrogen) atoms. The molecule has 0 amide bonds. The molecule has 1 saturated heterocycles. The average Bonchev–Trinajstić information content (AvgIpc) is 3.05. The highest BCUT2D eigenvalue weighted by Gasteiger charge is 2.26. The van der Waals surface area contributed by atoms with Gasteiger partial charge in [0.1, 0.15) is 0 Å². The molecule has 0 atom stereocenters. The fourth-order valence-electron chi connectivity index (χ4n) is 3.00. The van der Waals surface area contributed by atoms with Gasteiger partial charge in [0.15, 0.2) is 0 Å². The molecule has 2 heterocycles. The maximum absolute atomic E-state index is 10.9. The summed E-state index contributed by atoms with van der Waals surface area (Å²) in [6.45, 7) is 3.50. The number of aromatic nitrogens is 2. The molecule has 2 aromatic rings. The van der Waals surface area contributed by atoms with E-state index in [0.717, 1.165) is 31.6 Å². The maximum Gasteiger partial charge on any atom is 0.272 e. The predicted octanol–water partition coefficient (Wildman–Crippen LogP) is 2.74. The van der Waals surface area contributed by atoms with Crippen LogP contribution in [-0.4, -0.2) is 42.2 Å². The molecular formula is C16H21N5O3. The Bertz CT molecular complexity index is 735. The van der Waals surface area contributed by atoms with Gasteiger partial charge in [0.05, 0.1) is 4.92 Å². The van der Waals surface area contributed by atoms with Gasteiger partial charge in [0, 0.05) is 50.4 Å². The Labute approximate surface area is 140 Å². The zero-order chi connectivity index (χ0) is 17.3. The highest BCUT2D eigenvalue weighted by molar-refractivity contribution is 5.55. The van der Waals surface area contributed by atoms with Crippen molar-refractivity contribution in [1.82, 2.24) is 10.1 Å². The summed E-state index contributed by atoms with van der Waals surface area (Å²) in [5.74, 6) is 1.55. The zero-order valence-electron chi connectivity index (χ0n) is 14.1. The summed E-state index contributed by atoms with van der Waals surface area (Å²) in [5, 5.41) is 14.9. The van der Waals surface area contributed by atoms with E-state index in [0.29, 0.717) is 17.4 Å². The molecule has 0 aliphatic carbocycles. The molecule has 1 aromatic carbocycles. The third-order valence-electron chi connectivity index (χ3n) is 4.42. The highest BCUT2D eigenvalue weighted by atomic mass is 16.6. The lowest BCUT2D eigenvalue weighted by molar-refractivity contribution is -0.385. The van der Waals surface area contributed by atoms with E-state index in [2.05, 4.69) is 15.0 Å². The first kappa shape index (κ1) is 16.2. The molecule has 8 nitrogen and oxygen atoms in total. The van der Waals surface area contributed by atoms with E-state index in [1.165, 1.54) is 0 Å². The molecule has 128 valence electrons. The van der Waals surface area contributed by atoms with E-state index in [9.17, 15) is 10.1 Å². The standard InChI is InChI=1S/C16H21N5O3/c1-11-10-13(4-5-14(11)21(22)23)20-8-6-12(7-9-20)15-17-16(18-24-15)19(2)3/h4-5,10,12H,6-9H2,1-3H3. The van der Waals surface area contributed by atoms with E-state index in [-0.39, 0.29) is 16.5 Å². The molecule has 3 rings (SSSR count). The number of hydrogen-bond acceptors (Lipinski definition) is 7. The third-order valence-corrected chi connectivity index (χ3v) is 4.42. The minimum absolute atomic E-state index is 0.163. The number of piperidine rings is 1. The van der Waals surface area contributed by atoms with Gasteiger partial charge in [-0.15, -0.1) is 0 Å². The Morgan fingerprint density at radius 1 is 1.33 bits per heavy atom.